The number of nitrogens with one attached hydrogen (secondary N) is 4. The molecule has 0 saturated carbocycles. The first kappa shape index (κ1) is 86.0. The number of carbonyl (C=O) groups excluding carboxylic acids is 12. The summed E-state index contributed by atoms with van der Waals surface area (Å²) in [5.41, 5.74) is -0.498. The summed E-state index contributed by atoms with van der Waals surface area (Å²) in [5.74, 6) is -4.70. The fourth-order valence-corrected chi connectivity index (χ4v) is 6.88. The van der Waals surface area contributed by atoms with Crippen molar-refractivity contribution in [3.05, 3.63) is 99.2 Å². The zero-order valence-electron chi connectivity index (χ0n) is 54.6. The molecule has 28 heteroatoms. The van der Waals surface area contributed by atoms with E-state index >= 15 is 0 Å². The van der Waals surface area contributed by atoms with Gasteiger partial charge >= 0.3 is 72.1 Å². The Kier molecular flexibility index (Phi) is 46.0. The van der Waals surface area contributed by atoms with Crippen molar-refractivity contribution in [1.82, 2.24) is 21.3 Å². The van der Waals surface area contributed by atoms with Crippen molar-refractivity contribution in [1.29, 1.82) is 0 Å². The highest BCUT2D eigenvalue weighted by Crippen LogP contribution is 2.29. The minimum atomic E-state index is -1.34. The number of carbonyl (C=O) groups is 12. The Morgan fingerprint density at radius 1 is 0.374 bits per heavy atom. The molecular formula is C63H96N4O24. The summed E-state index contributed by atoms with van der Waals surface area (Å²) in [6, 6.07) is 0. The van der Waals surface area contributed by atoms with E-state index in [0.717, 1.165) is 43.6 Å². The molecule has 0 aromatic carbocycles. The molecule has 28 nitrogen and oxygen atoms in total. The van der Waals surface area contributed by atoms with Crippen molar-refractivity contribution in [2.45, 2.75) is 94.9 Å². The lowest BCUT2D eigenvalue weighted by atomic mass is 9.80. The molecule has 0 aromatic rings. The van der Waals surface area contributed by atoms with E-state index in [9.17, 15) is 57.5 Å². The van der Waals surface area contributed by atoms with Gasteiger partial charge in [-0.25, -0.2) is 57.5 Å². The number of alkyl carbamates (subject to hydrolysis) is 4. The van der Waals surface area contributed by atoms with Crippen molar-refractivity contribution >= 4 is 72.1 Å². The van der Waals surface area contributed by atoms with Gasteiger partial charge in [0.1, 0.15) is 84.7 Å². The van der Waals surface area contributed by atoms with Crippen LogP contribution in [0.1, 0.15) is 94.9 Å². The highest BCUT2D eigenvalue weighted by Gasteiger charge is 2.37. The van der Waals surface area contributed by atoms with Crippen molar-refractivity contribution in [3.63, 3.8) is 0 Å². The van der Waals surface area contributed by atoms with Gasteiger partial charge in [0.2, 0.25) is 0 Å². The fourth-order valence-electron chi connectivity index (χ4n) is 6.88. The molecule has 512 valence electrons. The molecule has 0 aliphatic heterocycles. The highest BCUT2D eigenvalue weighted by molar-refractivity contribution is 5.88. The van der Waals surface area contributed by atoms with Crippen LogP contribution in [0, 0.1) is 28.1 Å². The Morgan fingerprint density at radius 3 is 0.956 bits per heavy atom. The predicted octanol–water partition coefficient (Wildman–Crippen LogP) is 7.13. The van der Waals surface area contributed by atoms with Gasteiger partial charge < -0.3 is 78.1 Å². The number of hydrogen-bond donors (Lipinski definition) is 4. The molecule has 0 bridgehead atoms. The number of esters is 8. The van der Waals surface area contributed by atoms with Gasteiger partial charge in [0, 0.05) is 72.8 Å². The lowest BCUT2D eigenvalue weighted by Crippen LogP contribution is -2.43. The van der Waals surface area contributed by atoms with Gasteiger partial charge in [-0.05, 0) is 76.0 Å². The van der Waals surface area contributed by atoms with Gasteiger partial charge in [-0.1, -0.05) is 94.2 Å². The zero-order chi connectivity index (χ0) is 70.2. The largest absolute Gasteiger partial charge is 0.462 e. The Balaban J connectivity index is -0.00000129. The molecule has 0 aromatic heterocycles. The van der Waals surface area contributed by atoms with Crippen LogP contribution in [-0.2, 0) is 95.2 Å². The molecule has 0 fully saturated rings. The molecule has 0 aliphatic rings. The van der Waals surface area contributed by atoms with Crippen molar-refractivity contribution in [3.8, 4) is 0 Å². The molecule has 91 heavy (non-hydrogen) atoms. The highest BCUT2D eigenvalue weighted by atomic mass is 16.6. The van der Waals surface area contributed by atoms with Crippen LogP contribution in [-0.4, -0.2) is 178 Å². The first-order valence-corrected chi connectivity index (χ1v) is 28.6. The zero-order valence-corrected chi connectivity index (χ0v) is 54.6. The molecule has 0 spiro atoms. The summed E-state index contributed by atoms with van der Waals surface area (Å²) in [6.45, 7) is 45.1. The number of hydrogen-bond acceptors (Lipinski definition) is 24. The lowest BCUT2D eigenvalue weighted by Gasteiger charge is -2.31. The molecule has 0 radical (unpaired) electrons. The third kappa shape index (κ3) is 49.3. The standard InChI is InChI=1S/2C23H38N2O8.C17H20O8/c1-16(2)19(26)30-10-12-32-21(28)24-9-8-23(6,7)14-18(5)15-25-22(29)33-13-11-31-20(27)17(3)4;1-16(2)19(26)30-10-12-32-21(28)24-9-8-18(5)14-23(6,7)15-25-22(29)33-13-11-31-20(27)17(3)4;1-5-13(18)22-9-17(10-23-14(19)6-2,11-24-15(20)7-3)12-25-16(21)8-4/h2*18H,1,3,8-15H2,2,4-7H3,(H,24,28)(H,25,29);5-8H,1-4,9-12H2. The van der Waals surface area contributed by atoms with E-state index in [-0.39, 0.29) is 124 Å². The molecule has 0 saturated heterocycles. The number of amides is 4. The number of ether oxygens (including phenoxy) is 12. The maximum absolute atomic E-state index is 11.8. The second-order valence-electron chi connectivity index (χ2n) is 22.0. The van der Waals surface area contributed by atoms with Crippen LogP contribution >= 0.6 is 0 Å². The Bertz CT molecular complexity index is 2400. The summed E-state index contributed by atoms with van der Waals surface area (Å²) in [4.78, 5) is 137. The first-order valence-electron chi connectivity index (χ1n) is 28.6. The SMILES string of the molecule is C=C(C)C(=O)OCCOC(=O)NCCC(C)(C)CC(C)CNC(=O)OCCOC(=O)C(=C)C.C=C(C)C(=O)OCCOC(=O)NCCC(C)CC(C)(C)CNC(=O)OCCOC(=O)C(=C)C.C=CC(=O)OCC(COC(=O)C=C)(COC(=O)C=C)COC(=O)C=C. The Labute approximate surface area is 533 Å². The van der Waals surface area contributed by atoms with Crippen LogP contribution in [0.2, 0.25) is 0 Å². The van der Waals surface area contributed by atoms with Crippen LogP contribution in [0.15, 0.2) is 99.2 Å². The molecule has 2 atom stereocenters. The summed E-state index contributed by atoms with van der Waals surface area (Å²) in [7, 11) is 0. The quantitative estimate of drug-likeness (QED) is 0.0204. The smallest absolute Gasteiger partial charge is 0.407 e. The maximum atomic E-state index is 11.8. The molecule has 2 unspecified atom stereocenters. The van der Waals surface area contributed by atoms with E-state index in [0.29, 0.717) is 32.6 Å². The van der Waals surface area contributed by atoms with Gasteiger partial charge in [-0.3, -0.25) is 0 Å². The normalized spacial score (nSPS) is 11.1. The maximum Gasteiger partial charge on any atom is 0.407 e. The Hall–Kier alpha value is -9.24. The second-order valence-corrected chi connectivity index (χ2v) is 22.0. The molecule has 4 amide bonds. The van der Waals surface area contributed by atoms with E-state index in [1.54, 1.807) is 0 Å². The fraction of sp³-hybridized carbons (Fsp3) is 0.556. The van der Waals surface area contributed by atoms with Gasteiger partial charge in [0.15, 0.2) is 0 Å². The second kappa shape index (κ2) is 48.7. The summed E-state index contributed by atoms with van der Waals surface area (Å²) in [5, 5.41) is 10.7. The molecule has 0 heterocycles. The van der Waals surface area contributed by atoms with Gasteiger partial charge in [-0.2, -0.15) is 0 Å². The van der Waals surface area contributed by atoms with Crippen LogP contribution in [0.3, 0.4) is 0 Å². The van der Waals surface area contributed by atoms with Crippen LogP contribution in [0.5, 0.6) is 0 Å². The predicted molar refractivity (Wildman–Crippen MR) is 332 cm³/mol. The van der Waals surface area contributed by atoms with Crippen LogP contribution in [0.4, 0.5) is 19.2 Å². The average molecular weight is 1290 g/mol. The van der Waals surface area contributed by atoms with E-state index < -0.39 is 77.5 Å². The van der Waals surface area contributed by atoms with E-state index in [1.165, 1.54) is 27.7 Å². The lowest BCUT2D eigenvalue weighted by molar-refractivity contribution is -0.164. The summed E-state index contributed by atoms with van der Waals surface area (Å²) < 4.78 is 59.0. The third-order valence-corrected chi connectivity index (χ3v) is 11.4. The van der Waals surface area contributed by atoms with Gasteiger partial charge in [-0.15, -0.1) is 0 Å². The monoisotopic (exact) mass is 1290 g/mol. The Morgan fingerprint density at radius 2 is 0.648 bits per heavy atom. The molecule has 4 N–H and O–H groups in total. The van der Waals surface area contributed by atoms with E-state index in [2.05, 4.69) is 94.7 Å². The van der Waals surface area contributed by atoms with Crippen molar-refractivity contribution in [2.75, 3.05) is 105 Å². The minimum absolute atomic E-state index is 0.0290. The van der Waals surface area contributed by atoms with Gasteiger partial charge in [0.05, 0.1) is 0 Å². The first-order chi connectivity index (χ1) is 42.5. The van der Waals surface area contributed by atoms with E-state index in [1.807, 2.05) is 20.8 Å². The van der Waals surface area contributed by atoms with Crippen LogP contribution in [0.25, 0.3) is 0 Å². The summed E-state index contributed by atoms with van der Waals surface area (Å²) >= 11 is 0. The number of rotatable bonds is 42. The molecular weight excluding hydrogens is 1200 g/mol. The average Bonchev–Trinajstić information content (AvgIpc) is 1.31. The van der Waals surface area contributed by atoms with Gasteiger partial charge in [0.25, 0.3) is 0 Å². The third-order valence-electron chi connectivity index (χ3n) is 11.4. The molecule has 0 rings (SSSR count). The van der Waals surface area contributed by atoms with E-state index in [4.69, 9.17) is 56.8 Å². The minimum Gasteiger partial charge on any atom is -0.462 e. The summed E-state index contributed by atoms with van der Waals surface area (Å²) in [6.07, 6.45) is 4.40. The molecule has 0 aliphatic carbocycles. The van der Waals surface area contributed by atoms with Crippen molar-refractivity contribution in [2.24, 2.45) is 28.1 Å². The van der Waals surface area contributed by atoms with Crippen LogP contribution < -0.4 is 21.3 Å². The topological polar surface area (TPSA) is 364 Å². The van der Waals surface area contributed by atoms with Crippen molar-refractivity contribution < 1.29 is 114 Å².